The molecule has 0 amide bonds. The van der Waals surface area contributed by atoms with Gasteiger partial charge in [0.15, 0.2) is 0 Å². The summed E-state index contributed by atoms with van der Waals surface area (Å²) in [6.45, 7) is 4.76. The van der Waals surface area contributed by atoms with Gasteiger partial charge in [-0.1, -0.05) is 26.0 Å². The van der Waals surface area contributed by atoms with E-state index in [1.807, 2.05) is 14.1 Å². The number of hydrogen-bond donors (Lipinski definition) is 1. The van der Waals surface area contributed by atoms with Crippen LogP contribution in [0.4, 0.5) is 5.69 Å². The van der Waals surface area contributed by atoms with Crippen molar-refractivity contribution in [3.63, 3.8) is 0 Å². The maximum absolute atomic E-state index is 5.14. The third-order valence-corrected chi connectivity index (χ3v) is 2.59. The van der Waals surface area contributed by atoms with Crippen LogP contribution in [0.1, 0.15) is 19.4 Å². The molecule has 1 rings (SSSR count). The van der Waals surface area contributed by atoms with Crippen LogP contribution in [0.3, 0.4) is 0 Å². The zero-order valence-corrected chi connectivity index (χ0v) is 9.95. The molecular formula is C12H20N2O. The van der Waals surface area contributed by atoms with E-state index in [9.17, 15) is 0 Å². The van der Waals surface area contributed by atoms with Gasteiger partial charge in [-0.2, -0.15) is 0 Å². The number of anilines is 1. The third kappa shape index (κ3) is 2.94. The van der Waals surface area contributed by atoms with Crippen LogP contribution in [0.15, 0.2) is 24.3 Å². The zero-order valence-electron chi connectivity index (χ0n) is 9.95. The summed E-state index contributed by atoms with van der Waals surface area (Å²) in [7, 11) is 4.07. The molecule has 0 radical (unpaired) electrons. The highest BCUT2D eigenvalue weighted by atomic mass is 16.6. The van der Waals surface area contributed by atoms with E-state index in [1.54, 1.807) is 0 Å². The molecule has 0 bridgehead atoms. The Labute approximate surface area is 91.8 Å². The van der Waals surface area contributed by atoms with Crippen molar-refractivity contribution in [3.8, 4) is 0 Å². The second-order valence-corrected chi connectivity index (χ2v) is 4.64. The summed E-state index contributed by atoms with van der Waals surface area (Å²) in [5.74, 6) is 5.14. The van der Waals surface area contributed by atoms with E-state index in [4.69, 9.17) is 10.7 Å². The zero-order chi connectivity index (χ0) is 11.5. The molecular weight excluding hydrogens is 188 g/mol. The summed E-state index contributed by atoms with van der Waals surface area (Å²) in [6, 6.07) is 8.41. The topological polar surface area (TPSA) is 38.5 Å². The summed E-state index contributed by atoms with van der Waals surface area (Å²) in [5, 5.41) is 0. The fourth-order valence-electron chi connectivity index (χ4n) is 1.50. The van der Waals surface area contributed by atoms with Crippen LogP contribution in [-0.2, 0) is 10.3 Å². The highest BCUT2D eigenvalue weighted by molar-refractivity contribution is 5.48. The maximum atomic E-state index is 5.14. The Hall–Kier alpha value is -1.06. The van der Waals surface area contributed by atoms with Crippen LogP contribution in [0.25, 0.3) is 0 Å². The first kappa shape index (κ1) is 12.0. The van der Waals surface area contributed by atoms with E-state index in [1.165, 1.54) is 11.3 Å². The van der Waals surface area contributed by atoms with Gasteiger partial charge in [-0.05, 0) is 17.7 Å². The van der Waals surface area contributed by atoms with Crippen LogP contribution < -0.4 is 10.8 Å². The molecule has 2 N–H and O–H groups in total. The van der Waals surface area contributed by atoms with Crippen LogP contribution in [0.2, 0.25) is 0 Å². The monoisotopic (exact) mass is 208 g/mol. The first-order chi connectivity index (χ1) is 6.97. The average Bonchev–Trinajstić information content (AvgIpc) is 2.18. The molecule has 0 saturated heterocycles. The highest BCUT2D eigenvalue weighted by Crippen LogP contribution is 2.26. The van der Waals surface area contributed by atoms with Gasteiger partial charge in [-0.15, -0.1) is 0 Å². The van der Waals surface area contributed by atoms with E-state index in [2.05, 4.69) is 43.0 Å². The summed E-state index contributed by atoms with van der Waals surface area (Å²) in [6.07, 6.45) is 0. The number of nitrogens with two attached hydrogens (primary N) is 1. The lowest BCUT2D eigenvalue weighted by atomic mass is 9.85. The van der Waals surface area contributed by atoms with Crippen LogP contribution in [0, 0.1) is 0 Å². The van der Waals surface area contributed by atoms with Gasteiger partial charge in [0.05, 0.1) is 6.61 Å². The second-order valence-electron chi connectivity index (χ2n) is 4.64. The second kappa shape index (κ2) is 4.64. The number of hydrogen-bond acceptors (Lipinski definition) is 3. The van der Waals surface area contributed by atoms with E-state index < -0.39 is 0 Å². The molecule has 1 aromatic carbocycles. The SMILES string of the molecule is CN(C)c1cccc(C(C)(C)CON)c1. The Morgan fingerprint density at radius 1 is 1.33 bits per heavy atom. The van der Waals surface area contributed by atoms with Crippen LogP contribution in [0.5, 0.6) is 0 Å². The molecule has 0 heterocycles. The lowest BCUT2D eigenvalue weighted by Crippen LogP contribution is -2.26. The van der Waals surface area contributed by atoms with E-state index in [-0.39, 0.29) is 5.41 Å². The Bertz CT molecular complexity index is 321. The number of benzene rings is 1. The van der Waals surface area contributed by atoms with Gasteiger partial charge in [-0.25, -0.2) is 5.90 Å². The molecule has 0 aromatic heterocycles. The molecule has 0 saturated carbocycles. The van der Waals surface area contributed by atoms with Gasteiger partial charge in [-0.3, -0.25) is 0 Å². The lowest BCUT2D eigenvalue weighted by molar-refractivity contribution is 0.0964. The molecule has 3 nitrogen and oxygen atoms in total. The first-order valence-corrected chi connectivity index (χ1v) is 5.07. The fraction of sp³-hybridized carbons (Fsp3) is 0.500. The minimum Gasteiger partial charge on any atom is -0.378 e. The maximum Gasteiger partial charge on any atom is 0.0770 e. The Balaban J connectivity index is 2.99. The first-order valence-electron chi connectivity index (χ1n) is 5.07. The van der Waals surface area contributed by atoms with Gasteiger partial charge >= 0.3 is 0 Å². The third-order valence-electron chi connectivity index (χ3n) is 2.59. The van der Waals surface area contributed by atoms with Crippen molar-refractivity contribution in [1.82, 2.24) is 0 Å². The summed E-state index contributed by atoms with van der Waals surface area (Å²) < 4.78 is 0. The van der Waals surface area contributed by atoms with Gasteiger partial charge in [0, 0.05) is 25.2 Å². The van der Waals surface area contributed by atoms with Gasteiger partial charge in [0.25, 0.3) is 0 Å². The van der Waals surface area contributed by atoms with Crippen molar-refractivity contribution in [1.29, 1.82) is 0 Å². The smallest absolute Gasteiger partial charge is 0.0770 e. The summed E-state index contributed by atoms with van der Waals surface area (Å²) >= 11 is 0. The van der Waals surface area contributed by atoms with Gasteiger partial charge in [0.1, 0.15) is 0 Å². The van der Waals surface area contributed by atoms with Crippen molar-refractivity contribution in [2.75, 3.05) is 25.6 Å². The summed E-state index contributed by atoms with van der Waals surface area (Å²) in [5.41, 5.74) is 2.37. The standard InChI is InChI=1S/C12H20N2O/c1-12(2,9-15-13)10-6-5-7-11(8-10)14(3)4/h5-8H,9,13H2,1-4H3. The highest BCUT2D eigenvalue weighted by Gasteiger charge is 2.21. The van der Waals surface area contributed by atoms with E-state index in [0.29, 0.717) is 6.61 Å². The number of rotatable bonds is 4. The molecule has 0 aliphatic rings. The van der Waals surface area contributed by atoms with E-state index >= 15 is 0 Å². The molecule has 1 aromatic rings. The van der Waals surface area contributed by atoms with Gasteiger partial charge in [0.2, 0.25) is 0 Å². The molecule has 0 atom stereocenters. The minimum atomic E-state index is -0.0548. The van der Waals surface area contributed by atoms with Crippen molar-refractivity contribution in [2.45, 2.75) is 19.3 Å². The fourth-order valence-corrected chi connectivity index (χ4v) is 1.50. The van der Waals surface area contributed by atoms with Crippen molar-refractivity contribution >= 4 is 5.69 Å². The summed E-state index contributed by atoms with van der Waals surface area (Å²) in [4.78, 5) is 6.83. The molecule has 0 aliphatic heterocycles. The predicted octanol–water partition coefficient (Wildman–Crippen LogP) is 1.92. The largest absolute Gasteiger partial charge is 0.378 e. The predicted molar refractivity (Wildman–Crippen MR) is 63.9 cm³/mol. The van der Waals surface area contributed by atoms with Crippen molar-refractivity contribution in [2.24, 2.45) is 5.90 Å². The molecule has 0 aliphatic carbocycles. The molecule has 3 heteroatoms. The van der Waals surface area contributed by atoms with E-state index in [0.717, 1.165) is 0 Å². The lowest BCUT2D eigenvalue weighted by Gasteiger charge is -2.25. The van der Waals surface area contributed by atoms with Crippen LogP contribution in [-0.4, -0.2) is 20.7 Å². The Morgan fingerprint density at radius 2 is 2.00 bits per heavy atom. The van der Waals surface area contributed by atoms with Crippen LogP contribution >= 0.6 is 0 Å². The average molecular weight is 208 g/mol. The Morgan fingerprint density at radius 3 is 2.53 bits per heavy atom. The Kier molecular flexibility index (Phi) is 3.72. The molecule has 0 fully saturated rings. The quantitative estimate of drug-likeness (QED) is 0.768. The molecule has 0 unspecified atom stereocenters. The van der Waals surface area contributed by atoms with Crippen molar-refractivity contribution < 1.29 is 4.84 Å². The minimum absolute atomic E-state index is 0.0548. The molecule has 15 heavy (non-hydrogen) atoms. The normalized spacial score (nSPS) is 11.5. The molecule has 0 spiro atoms. The number of nitrogens with zero attached hydrogens (tertiary/aromatic N) is 1. The van der Waals surface area contributed by atoms with Gasteiger partial charge < -0.3 is 9.74 Å². The molecule has 84 valence electrons. The van der Waals surface area contributed by atoms with Crippen molar-refractivity contribution in [3.05, 3.63) is 29.8 Å².